The maximum Gasteiger partial charge on any atom is 0.207 e. The molecule has 0 saturated carbocycles. The molecule has 0 fully saturated rings. The highest BCUT2D eigenvalue weighted by atomic mass is 79.9. The van der Waals surface area contributed by atoms with Gasteiger partial charge >= 0.3 is 0 Å². The van der Waals surface area contributed by atoms with E-state index in [-0.39, 0.29) is 5.04 Å². The quantitative estimate of drug-likeness (QED) is 0.567. The molecule has 2 heterocycles. The average molecular weight is 401 g/mol. The summed E-state index contributed by atoms with van der Waals surface area (Å²) in [6.45, 7) is 11.8. The van der Waals surface area contributed by atoms with Crippen LogP contribution >= 0.6 is 27.5 Å². The van der Waals surface area contributed by atoms with Crippen molar-refractivity contribution in [1.82, 2.24) is 14.3 Å². The lowest BCUT2D eigenvalue weighted by Crippen LogP contribution is -2.40. The van der Waals surface area contributed by atoms with Crippen molar-refractivity contribution in [3.05, 3.63) is 28.6 Å². The summed E-state index contributed by atoms with van der Waals surface area (Å²) in [5.74, 6) is 0.736. The molecule has 0 spiro atoms. The summed E-state index contributed by atoms with van der Waals surface area (Å²) in [6, 6.07) is 3.95. The summed E-state index contributed by atoms with van der Waals surface area (Å²) < 4.78 is 11.0. The van der Waals surface area contributed by atoms with E-state index in [2.05, 4.69) is 69.5 Å². The molecular formula is C14H21BrN4OSSi. The lowest BCUT2D eigenvalue weighted by Gasteiger charge is -2.36. The van der Waals surface area contributed by atoms with E-state index < -0.39 is 8.32 Å². The number of pyridine rings is 1. The molecule has 5 nitrogen and oxygen atoms in total. The van der Waals surface area contributed by atoms with Crippen LogP contribution in [0.25, 0.3) is 0 Å². The van der Waals surface area contributed by atoms with Gasteiger partial charge in [-0.3, -0.25) is 0 Å². The predicted molar refractivity (Wildman–Crippen MR) is 97.1 cm³/mol. The number of rotatable bonds is 5. The fourth-order valence-electron chi connectivity index (χ4n) is 1.45. The molecule has 1 N–H and O–H groups in total. The van der Waals surface area contributed by atoms with Gasteiger partial charge in [0.2, 0.25) is 5.13 Å². The molecule has 8 heteroatoms. The first-order valence-corrected chi connectivity index (χ1v) is 11.5. The van der Waals surface area contributed by atoms with Crippen LogP contribution in [0.4, 0.5) is 10.9 Å². The smallest absolute Gasteiger partial charge is 0.207 e. The van der Waals surface area contributed by atoms with Crippen LogP contribution in [0, 0.1) is 0 Å². The zero-order valence-electron chi connectivity index (χ0n) is 13.5. The van der Waals surface area contributed by atoms with Gasteiger partial charge in [0, 0.05) is 17.1 Å². The fourth-order valence-corrected chi connectivity index (χ4v) is 3.28. The van der Waals surface area contributed by atoms with Gasteiger partial charge in [-0.05, 0) is 40.1 Å². The molecular weight excluding hydrogens is 380 g/mol. The van der Waals surface area contributed by atoms with Crippen molar-refractivity contribution in [3.8, 4) is 0 Å². The van der Waals surface area contributed by atoms with Gasteiger partial charge in [0.05, 0.1) is 6.61 Å². The highest BCUT2D eigenvalue weighted by molar-refractivity contribution is 9.10. The second-order valence-corrected chi connectivity index (χ2v) is 12.9. The first-order valence-electron chi connectivity index (χ1n) is 7.02. The number of halogens is 1. The molecule has 0 aliphatic carbocycles. The molecule has 2 rings (SSSR count). The normalized spacial score (nSPS) is 12.5. The molecule has 2 aromatic rings. The van der Waals surface area contributed by atoms with E-state index >= 15 is 0 Å². The van der Waals surface area contributed by atoms with Crippen molar-refractivity contribution in [2.24, 2.45) is 0 Å². The average Bonchev–Trinajstić information content (AvgIpc) is 2.89. The molecule has 2 aromatic heterocycles. The summed E-state index contributed by atoms with van der Waals surface area (Å²) >= 11 is 4.82. The van der Waals surface area contributed by atoms with E-state index in [1.165, 1.54) is 17.9 Å². The van der Waals surface area contributed by atoms with Gasteiger partial charge in [-0.15, -0.1) is 0 Å². The van der Waals surface area contributed by atoms with Crippen molar-refractivity contribution in [1.29, 1.82) is 0 Å². The van der Waals surface area contributed by atoms with Crippen molar-refractivity contribution < 1.29 is 4.43 Å². The summed E-state index contributed by atoms with van der Waals surface area (Å²) in [4.78, 5) is 8.57. The van der Waals surface area contributed by atoms with E-state index in [9.17, 15) is 0 Å². The Labute approximate surface area is 145 Å². The standard InChI is InChI=1S/C14H21BrN4OSSi/c1-14(2,3)22(4,5)20-8-10-6-7-11(18-12(10)15)19-13-16-9-17-21-13/h6-7,9H,8H2,1-5H3,(H,16,17,18,19). The van der Waals surface area contributed by atoms with Crippen LogP contribution in [0.1, 0.15) is 26.3 Å². The van der Waals surface area contributed by atoms with Gasteiger partial charge in [0.1, 0.15) is 16.7 Å². The molecule has 0 unspecified atom stereocenters. The van der Waals surface area contributed by atoms with Gasteiger partial charge in [-0.1, -0.05) is 26.8 Å². The van der Waals surface area contributed by atoms with Crippen LogP contribution < -0.4 is 5.32 Å². The van der Waals surface area contributed by atoms with Gasteiger partial charge in [0.15, 0.2) is 8.32 Å². The molecule has 120 valence electrons. The molecule has 0 aliphatic heterocycles. The van der Waals surface area contributed by atoms with Crippen LogP contribution in [0.3, 0.4) is 0 Å². The number of anilines is 2. The van der Waals surface area contributed by atoms with Gasteiger partial charge < -0.3 is 9.74 Å². The minimum absolute atomic E-state index is 0.201. The largest absolute Gasteiger partial charge is 0.412 e. The molecule has 0 bridgehead atoms. The minimum Gasteiger partial charge on any atom is -0.412 e. The van der Waals surface area contributed by atoms with Crippen LogP contribution in [0.2, 0.25) is 18.1 Å². The van der Waals surface area contributed by atoms with E-state index in [4.69, 9.17) is 4.43 Å². The van der Waals surface area contributed by atoms with Crippen LogP contribution in [-0.4, -0.2) is 22.7 Å². The maximum absolute atomic E-state index is 6.23. The molecule has 0 aromatic carbocycles. The Kier molecular flexibility index (Phi) is 5.36. The highest BCUT2D eigenvalue weighted by Crippen LogP contribution is 2.37. The van der Waals surface area contributed by atoms with Crippen molar-refractivity contribution in [2.45, 2.75) is 45.5 Å². The van der Waals surface area contributed by atoms with Gasteiger partial charge in [0.25, 0.3) is 0 Å². The Balaban J connectivity index is 2.04. The third-order valence-corrected chi connectivity index (χ3v) is 9.66. The monoisotopic (exact) mass is 400 g/mol. The second kappa shape index (κ2) is 6.73. The summed E-state index contributed by atoms with van der Waals surface area (Å²) in [6.07, 6.45) is 1.52. The Bertz CT molecular complexity index is 628. The van der Waals surface area contributed by atoms with E-state index in [1.54, 1.807) is 0 Å². The first-order chi connectivity index (χ1) is 10.2. The molecule has 0 aliphatic rings. The Morgan fingerprint density at radius 3 is 2.59 bits per heavy atom. The number of hydrogen-bond donors (Lipinski definition) is 1. The Morgan fingerprint density at radius 1 is 1.32 bits per heavy atom. The zero-order chi connectivity index (χ0) is 16.4. The van der Waals surface area contributed by atoms with E-state index in [1.807, 2.05) is 12.1 Å². The van der Waals surface area contributed by atoms with Crippen molar-refractivity contribution in [2.75, 3.05) is 5.32 Å². The van der Waals surface area contributed by atoms with Crippen molar-refractivity contribution in [3.63, 3.8) is 0 Å². The first kappa shape index (κ1) is 17.5. The van der Waals surface area contributed by atoms with E-state index in [0.717, 1.165) is 21.1 Å². The van der Waals surface area contributed by atoms with Gasteiger partial charge in [-0.2, -0.15) is 4.37 Å². The number of nitrogens with one attached hydrogen (secondary N) is 1. The number of aromatic nitrogens is 3. The predicted octanol–water partition coefficient (Wildman–Crippen LogP) is 4.96. The van der Waals surface area contributed by atoms with Crippen LogP contribution in [0.15, 0.2) is 23.1 Å². The van der Waals surface area contributed by atoms with Crippen LogP contribution in [-0.2, 0) is 11.0 Å². The summed E-state index contributed by atoms with van der Waals surface area (Å²) in [5.41, 5.74) is 1.05. The minimum atomic E-state index is -1.76. The van der Waals surface area contributed by atoms with Crippen molar-refractivity contribution >= 4 is 46.7 Å². The zero-order valence-corrected chi connectivity index (χ0v) is 16.9. The van der Waals surface area contributed by atoms with Crippen LogP contribution in [0.5, 0.6) is 0 Å². The lowest BCUT2D eigenvalue weighted by molar-refractivity contribution is 0.275. The molecule has 22 heavy (non-hydrogen) atoms. The maximum atomic E-state index is 6.23. The third-order valence-electron chi connectivity index (χ3n) is 3.92. The Morgan fingerprint density at radius 2 is 2.05 bits per heavy atom. The number of nitrogens with zero attached hydrogens (tertiary/aromatic N) is 3. The third kappa shape index (κ3) is 4.34. The topological polar surface area (TPSA) is 59.9 Å². The summed E-state index contributed by atoms with van der Waals surface area (Å²) in [5, 5.41) is 4.05. The Hall–Kier alpha value is -0.833. The van der Waals surface area contributed by atoms with Gasteiger partial charge in [-0.25, -0.2) is 9.97 Å². The number of hydrogen-bond acceptors (Lipinski definition) is 6. The lowest BCUT2D eigenvalue weighted by atomic mass is 10.2. The second-order valence-electron chi connectivity index (χ2n) is 6.57. The molecule has 0 atom stereocenters. The molecule has 0 saturated heterocycles. The molecule has 0 radical (unpaired) electrons. The SMILES string of the molecule is CC(C)(C)[Si](C)(C)OCc1ccc(Nc2ncns2)nc1Br. The molecule has 0 amide bonds. The highest BCUT2D eigenvalue weighted by Gasteiger charge is 2.37. The summed E-state index contributed by atoms with van der Waals surface area (Å²) in [7, 11) is -1.76. The van der Waals surface area contributed by atoms with E-state index in [0.29, 0.717) is 6.61 Å². The fraction of sp³-hybridized carbons (Fsp3) is 0.500.